The Morgan fingerprint density at radius 3 is 1.51 bits per heavy atom. The molecule has 0 fully saturated rings. The van der Waals surface area contributed by atoms with Crippen molar-refractivity contribution in [2.24, 2.45) is 5.73 Å². The van der Waals surface area contributed by atoms with E-state index in [1.807, 2.05) is 0 Å². The SMILES string of the molecule is CCCCCC/C=C\C/C=C\CCCCCCCCCC(=O)OC(COC(=O)CCCCCCCCCCCCCC)COP(=O)(O)OCCN. The van der Waals surface area contributed by atoms with Gasteiger partial charge in [-0.05, 0) is 44.9 Å². The number of nitrogens with two attached hydrogens (primary N) is 1. The van der Waals surface area contributed by atoms with E-state index in [-0.39, 0.29) is 38.6 Å². The number of carbonyl (C=O) groups is 2. The monoisotopic (exact) mass is 744 g/mol. The van der Waals surface area contributed by atoms with Crippen molar-refractivity contribution in [3.8, 4) is 0 Å². The third-order valence-electron chi connectivity index (χ3n) is 8.84. The van der Waals surface area contributed by atoms with Crippen LogP contribution in [-0.2, 0) is 32.7 Å². The molecule has 0 rings (SSSR count). The molecule has 0 spiro atoms. The number of hydrogen-bond acceptors (Lipinski definition) is 8. The highest BCUT2D eigenvalue weighted by molar-refractivity contribution is 7.47. The van der Waals surface area contributed by atoms with Crippen LogP contribution >= 0.6 is 7.82 Å². The third kappa shape index (κ3) is 38.0. The van der Waals surface area contributed by atoms with Gasteiger partial charge in [0, 0.05) is 19.4 Å². The first-order valence-corrected chi connectivity index (χ1v) is 22.3. The summed E-state index contributed by atoms with van der Waals surface area (Å²) in [6, 6.07) is 0. The van der Waals surface area contributed by atoms with Gasteiger partial charge in [-0.25, -0.2) is 4.57 Å². The van der Waals surface area contributed by atoms with Crippen molar-refractivity contribution in [1.29, 1.82) is 0 Å². The van der Waals surface area contributed by atoms with Gasteiger partial charge in [-0.2, -0.15) is 0 Å². The van der Waals surface area contributed by atoms with Crippen LogP contribution < -0.4 is 5.73 Å². The maximum Gasteiger partial charge on any atom is 0.472 e. The normalized spacial score (nSPS) is 13.6. The van der Waals surface area contributed by atoms with E-state index in [0.717, 1.165) is 51.4 Å². The first-order valence-electron chi connectivity index (χ1n) is 20.8. The summed E-state index contributed by atoms with van der Waals surface area (Å²) in [4.78, 5) is 34.8. The van der Waals surface area contributed by atoms with Crippen LogP contribution in [0.5, 0.6) is 0 Å². The molecule has 0 saturated carbocycles. The molecular weight excluding hydrogens is 665 g/mol. The molecule has 2 unspecified atom stereocenters. The van der Waals surface area contributed by atoms with Gasteiger partial charge in [0.2, 0.25) is 0 Å². The minimum Gasteiger partial charge on any atom is -0.462 e. The van der Waals surface area contributed by atoms with Gasteiger partial charge in [0.1, 0.15) is 6.61 Å². The third-order valence-corrected chi connectivity index (χ3v) is 9.82. The second kappa shape index (κ2) is 38.2. The van der Waals surface area contributed by atoms with Gasteiger partial charge >= 0.3 is 19.8 Å². The van der Waals surface area contributed by atoms with Crippen LogP contribution in [0.3, 0.4) is 0 Å². The van der Waals surface area contributed by atoms with E-state index in [0.29, 0.717) is 6.42 Å². The zero-order valence-electron chi connectivity index (χ0n) is 32.8. The molecule has 0 aliphatic rings. The van der Waals surface area contributed by atoms with Crippen LogP contribution in [0.1, 0.15) is 194 Å². The zero-order chi connectivity index (χ0) is 37.5. The van der Waals surface area contributed by atoms with E-state index in [1.165, 1.54) is 109 Å². The summed E-state index contributed by atoms with van der Waals surface area (Å²) in [5.41, 5.74) is 5.34. The largest absolute Gasteiger partial charge is 0.472 e. The second-order valence-corrected chi connectivity index (χ2v) is 15.3. The maximum atomic E-state index is 12.6. The molecule has 0 aliphatic heterocycles. The first kappa shape index (κ1) is 49.5. The highest BCUT2D eigenvalue weighted by atomic mass is 31.2. The summed E-state index contributed by atoms with van der Waals surface area (Å²) in [5, 5.41) is 0. The number of ether oxygens (including phenoxy) is 2. The summed E-state index contributed by atoms with van der Waals surface area (Å²) in [6.45, 7) is 3.71. The summed E-state index contributed by atoms with van der Waals surface area (Å²) in [5.74, 6) is -0.833. The second-order valence-electron chi connectivity index (χ2n) is 13.9. The van der Waals surface area contributed by atoms with Gasteiger partial charge in [0.05, 0.1) is 13.2 Å². The Morgan fingerprint density at radius 1 is 0.588 bits per heavy atom. The molecule has 0 aliphatic carbocycles. The van der Waals surface area contributed by atoms with E-state index < -0.39 is 26.5 Å². The summed E-state index contributed by atoms with van der Waals surface area (Å²) >= 11 is 0. The lowest BCUT2D eigenvalue weighted by atomic mass is 10.0. The van der Waals surface area contributed by atoms with Crippen molar-refractivity contribution in [3.05, 3.63) is 24.3 Å². The van der Waals surface area contributed by atoms with Crippen LogP contribution in [0.4, 0.5) is 0 Å². The molecule has 10 heteroatoms. The zero-order valence-corrected chi connectivity index (χ0v) is 33.7. The quantitative estimate of drug-likeness (QED) is 0.0273. The molecule has 0 aromatic heterocycles. The van der Waals surface area contributed by atoms with E-state index in [2.05, 4.69) is 38.2 Å². The van der Waals surface area contributed by atoms with Gasteiger partial charge in [-0.3, -0.25) is 18.6 Å². The van der Waals surface area contributed by atoms with E-state index in [1.54, 1.807) is 0 Å². The van der Waals surface area contributed by atoms with Crippen molar-refractivity contribution in [2.45, 2.75) is 200 Å². The maximum absolute atomic E-state index is 12.6. The van der Waals surface area contributed by atoms with Crippen LogP contribution in [0.25, 0.3) is 0 Å². The molecule has 0 saturated heterocycles. The summed E-state index contributed by atoms with van der Waals surface area (Å²) < 4.78 is 32.7. The van der Waals surface area contributed by atoms with Gasteiger partial charge in [-0.15, -0.1) is 0 Å². The predicted octanol–water partition coefficient (Wildman–Crippen LogP) is 11.6. The minimum absolute atomic E-state index is 0.0534. The number of esters is 2. The molecule has 0 amide bonds. The number of allylic oxidation sites excluding steroid dienone is 4. The molecule has 3 N–H and O–H groups in total. The highest BCUT2D eigenvalue weighted by Gasteiger charge is 2.26. The number of carbonyl (C=O) groups excluding carboxylic acids is 2. The first-order chi connectivity index (χ1) is 24.8. The topological polar surface area (TPSA) is 134 Å². The molecule has 0 heterocycles. The molecule has 9 nitrogen and oxygen atoms in total. The molecule has 0 aromatic carbocycles. The van der Waals surface area contributed by atoms with Crippen molar-refractivity contribution in [3.63, 3.8) is 0 Å². The van der Waals surface area contributed by atoms with E-state index >= 15 is 0 Å². The number of phosphoric acid groups is 1. The summed E-state index contributed by atoms with van der Waals surface area (Å²) in [7, 11) is -4.37. The van der Waals surface area contributed by atoms with Crippen molar-refractivity contribution >= 4 is 19.8 Å². The van der Waals surface area contributed by atoms with Crippen LogP contribution in [-0.4, -0.2) is 49.3 Å². The van der Waals surface area contributed by atoms with Crippen LogP contribution in [0.15, 0.2) is 24.3 Å². The Morgan fingerprint density at radius 2 is 1.02 bits per heavy atom. The Hall–Kier alpha value is -1.51. The average Bonchev–Trinajstić information content (AvgIpc) is 3.11. The Kier molecular flexibility index (Phi) is 37.1. The molecule has 0 radical (unpaired) electrons. The van der Waals surface area contributed by atoms with Crippen molar-refractivity contribution in [1.82, 2.24) is 0 Å². The Labute approximate surface area is 312 Å². The number of phosphoric ester groups is 1. The van der Waals surface area contributed by atoms with Gasteiger partial charge < -0.3 is 20.1 Å². The highest BCUT2D eigenvalue weighted by Crippen LogP contribution is 2.43. The van der Waals surface area contributed by atoms with E-state index in [9.17, 15) is 19.0 Å². The molecule has 0 aromatic rings. The number of unbranched alkanes of at least 4 members (excludes halogenated alkanes) is 22. The lowest BCUT2D eigenvalue weighted by Crippen LogP contribution is -2.29. The number of rotatable bonds is 39. The van der Waals surface area contributed by atoms with Crippen molar-refractivity contribution < 1.29 is 37.6 Å². The van der Waals surface area contributed by atoms with Crippen LogP contribution in [0, 0.1) is 0 Å². The molecule has 51 heavy (non-hydrogen) atoms. The van der Waals surface area contributed by atoms with Gasteiger partial charge in [-0.1, -0.05) is 160 Å². The fraction of sp³-hybridized carbons (Fsp3) is 0.854. The molecule has 300 valence electrons. The Bertz CT molecular complexity index is 897. The lowest BCUT2D eigenvalue weighted by molar-refractivity contribution is -0.161. The fourth-order valence-electron chi connectivity index (χ4n) is 5.72. The van der Waals surface area contributed by atoms with E-state index in [4.69, 9.17) is 24.3 Å². The lowest BCUT2D eigenvalue weighted by Gasteiger charge is -2.19. The fourth-order valence-corrected chi connectivity index (χ4v) is 6.49. The standard InChI is InChI=1S/C41H78NO8P/c1-3-5-7-9-11-13-15-17-18-19-20-21-22-24-26-28-30-32-34-41(44)50-39(38-49-51(45,46)48-36-35-42)37-47-40(43)33-31-29-27-25-23-16-14-12-10-8-6-4-2/h13,15,18-19,39H,3-12,14,16-17,20-38,42H2,1-2H3,(H,45,46)/b15-13-,19-18-. The minimum atomic E-state index is -4.37. The molecular formula is C41H78NO8P. The summed E-state index contributed by atoms with van der Waals surface area (Å²) in [6.07, 6.45) is 39.1. The van der Waals surface area contributed by atoms with Crippen molar-refractivity contribution in [2.75, 3.05) is 26.4 Å². The molecule has 2 atom stereocenters. The van der Waals surface area contributed by atoms with Gasteiger partial charge in [0.25, 0.3) is 0 Å². The molecule has 0 bridgehead atoms. The van der Waals surface area contributed by atoms with Gasteiger partial charge in [0.15, 0.2) is 6.10 Å². The Balaban J connectivity index is 4.17. The number of hydrogen-bond donors (Lipinski definition) is 2. The van der Waals surface area contributed by atoms with Crippen LogP contribution in [0.2, 0.25) is 0 Å². The predicted molar refractivity (Wildman–Crippen MR) is 211 cm³/mol. The smallest absolute Gasteiger partial charge is 0.462 e. The average molecular weight is 744 g/mol.